The molecule has 0 aromatic heterocycles. The van der Waals surface area contributed by atoms with Crippen molar-refractivity contribution in [1.29, 1.82) is 0 Å². The Hall–Kier alpha value is -1.09. The maximum atomic E-state index is 10.2. The largest absolute Gasteiger partial charge is 0.458 e. The average molecular weight is 186 g/mol. The van der Waals surface area contributed by atoms with E-state index in [0.717, 1.165) is 19.3 Å². The molecule has 0 unspecified atom stereocenters. The summed E-state index contributed by atoms with van der Waals surface area (Å²) >= 11 is 0. The zero-order valence-electron chi connectivity index (χ0n) is 8.41. The Morgan fingerprint density at radius 3 is 2.08 bits per heavy atom. The minimum absolute atomic E-state index is 0.255. The molecule has 76 valence electrons. The molecule has 3 nitrogen and oxygen atoms in total. The van der Waals surface area contributed by atoms with Crippen molar-refractivity contribution in [3.8, 4) is 0 Å². The highest BCUT2D eigenvalue weighted by atomic mass is 16.5. The predicted octanol–water partition coefficient (Wildman–Crippen LogP) is 1.94. The smallest absolute Gasteiger partial charge is 0.330 e. The number of esters is 1. The van der Waals surface area contributed by atoms with E-state index in [1.54, 1.807) is 0 Å². The van der Waals surface area contributed by atoms with Crippen molar-refractivity contribution in [2.45, 2.75) is 13.8 Å². The molecule has 13 heavy (non-hydrogen) atoms. The van der Waals surface area contributed by atoms with E-state index in [0.29, 0.717) is 0 Å². The van der Waals surface area contributed by atoms with Gasteiger partial charge in [0.1, 0.15) is 6.61 Å². The van der Waals surface area contributed by atoms with Crippen molar-refractivity contribution < 1.29 is 14.3 Å². The average Bonchev–Trinajstić information content (AvgIpc) is 2.16. The van der Waals surface area contributed by atoms with Crippen molar-refractivity contribution in [2.75, 3.05) is 19.8 Å². The van der Waals surface area contributed by atoms with E-state index in [-0.39, 0.29) is 6.61 Å². The molecule has 0 radical (unpaired) electrons. The van der Waals surface area contributed by atoms with Crippen molar-refractivity contribution in [1.82, 2.24) is 0 Å². The molecular formula is C10H18O3. The second-order valence-electron chi connectivity index (χ2n) is 1.90. The van der Waals surface area contributed by atoms with E-state index >= 15 is 0 Å². The van der Waals surface area contributed by atoms with Gasteiger partial charge < -0.3 is 9.47 Å². The van der Waals surface area contributed by atoms with Gasteiger partial charge in [0.05, 0.1) is 0 Å². The SMILES string of the molecule is C=CCOC(=O)C=C.CCOCC. The number of carbonyl (C=O) groups excluding carboxylic acids is 1. The molecular weight excluding hydrogens is 168 g/mol. The summed E-state index contributed by atoms with van der Waals surface area (Å²) < 4.78 is 9.30. The predicted molar refractivity (Wildman–Crippen MR) is 53.5 cm³/mol. The Bertz CT molecular complexity index is 139. The summed E-state index contributed by atoms with van der Waals surface area (Å²) in [5.41, 5.74) is 0. The summed E-state index contributed by atoms with van der Waals surface area (Å²) in [6.45, 7) is 12.5. The fraction of sp³-hybridized carbons (Fsp3) is 0.500. The molecule has 0 heterocycles. The van der Waals surface area contributed by atoms with Gasteiger partial charge in [-0.1, -0.05) is 19.2 Å². The lowest BCUT2D eigenvalue weighted by Crippen LogP contribution is -1.98. The van der Waals surface area contributed by atoms with E-state index in [1.165, 1.54) is 6.08 Å². The van der Waals surface area contributed by atoms with E-state index in [2.05, 4.69) is 17.9 Å². The molecule has 0 N–H and O–H groups in total. The Labute approximate surface area is 80.0 Å². The third kappa shape index (κ3) is 18.1. The first-order valence-electron chi connectivity index (χ1n) is 4.20. The second-order valence-corrected chi connectivity index (χ2v) is 1.90. The molecule has 0 saturated carbocycles. The summed E-state index contributed by atoms with van der Waals surface area (Å²) in [5.74, 6) is -0.412. The van der Waals surface area contributed by atoms with E-state index in [9.17, 15) is 4.79 Å². The summed E-state index contributed by atoms with van der Waals surface area (Å²) in [5, 5.41) is 0. The third-order valence-corrected chi connectivity index (χ3v) is 0.918. The Morgan fingerprint density at radius 2 is 1.85 bits per heavy atom. The second kappa shape index (κ2) is 13.5. The van der Waals surface area contributed by atoms with Gasteiger partial charge in [-0.3, -0.25) is 0 Å². The lowest BCUT2D eigenvalue weighted by atomic mass is 10.6. The first-order valence-corrected chi connectivity index (χ1v) is 4.20. The molecule has 0 saturated heterocycles. The van der Waals surface area contributed by atoms with Crippen LogP contribution in [0.25, 0.3) is 0 Å². The van der Waals surface area contributed by atoms with Gasteiger partial charge in [-0.25, -0.2) is 4.79 Å². The van der Waals surface area contributed by atoms with Crippen LogP contribution in [0.15, 0.2) is 25.3 Å². The Kier molecular flexibility index (Phi) is 15.0. The van der Waals surface area contributed by atoms with Gasteiger partial charge in [0.2, 0.25) is 0 Å². The molecule has 0 aromatic carbocycles. The molecule has 0 spiro atoms. The summed E-state index contributed by atoms with van der Waals surface area (Å²) in [4.78, 5) is 10.2. The quantitative estimate of drug-likeness (QED) is 0.374. The summed E-state index contributed by atoms with van der Waals surface area (Å²) in [6, 6.07) is 0. The molecule has 0 aliphatic heterocycles. The first-order chi connectivity index (χ1) is 6.22. The van der Waals surface area contributed by atoms with Crippen LogP contribution in [0.4, 0.5) is 0 Å². The number of carbonyl (C=O) groups is 1. The fourth-order valence-electron chi connectivity index (χ4n) is 0.404. The lowest BCUT2D eigenvalue weighted by Gasteiger charge is -1.92. The van der Waals surface area contributed by atoms with Crippen LogP contribution in [0.2, 0.25) is 0 Å². The van der Waals surface area contributed by atoms with Gasteiger partial charge in [0.25, 0.3) is 0 Å². The van der Waals surface area contributed by atoms with Gasteiger partial charge in [-0.15, -0.1) is 0 Å². The number of hydrogen-bond donors (Lipinski definition) is 0. The van der Waals surface area contributed by atoms with Crippen LogP contribution in [0.3, 0.4) is 0 Å². The minimum Gasteiger partial charge on any atom is -0.458 e. The maximum Gasteiger partial charge on any atom is 0.330 e. The molecule has 0 aliphatic carbocycles. The van der Waals surface area contributed by atoms with Crippen molar-refractivity contribution >= 4 is 5.97 Å². The summed E-state index contributed by atoms with van der Waals surface area (Å²) in [6.07, 6.45) is 2.62. The van der Waals surface area contributed by atoms with E-state index < -0.39 is 5.97 Å². The third-order valence-electron chi connectivity index (χ3n) is 0.918. The van der Waals surface area contributed by atoms with Crippen LogP contribution in [0, 0.1) is 0 Å². The van der Waals surface area contributed by atoms with Crippen molar-refractivity contribution in [2.24, 2.45) is 0 Å². The van der Waals surface area contributed by atoms with Crippen LogP contribution >= 0.6 is 0 Å². The molecule has 0 bridgehead atoms. The number of ether oxygens (including phenoxy) is 2. The number of hydrogen-bond acceptors (Lipinski definition) is 3. The summed E-state index contributed by atoms with van der Waals surface area (Å²) in [7, 11) is 0. The first kappa shape index (κ1) is 14.4. The lowest BCUT2D eigenvalue weighted by molar-refractivity contribution is -0.136. The molecule has 0 atom stereocenters. The number of rotatable bonds is 5. The maximum absolute atomic E-state index is 10.2. The standard InChI is InChI=1S/C6H8O2.C4H10O/c1-3-5-8-6(7)4-2;1-3-5-4-2/h3-4H,1-2,5H2;3-4H2,1-2H3. The zero-order valence-corrected chi connectivity index (χ0v) is 8.41. The zero-order chi connectivity index (χ0) is 10.5. The van der Waals surface area contributed by atoms with Gasteiger partial charge in [0.15, 0.2) is 0 Å². The van der Waals surface area contributed by atoms with Crippen LogP contribution in [0.1, 0.15) is 13.8 Å². The van der Waals surface area contributed by atoms with E-state index in [1.807, 2.05) is 13.8 Å². The normalized spacial score (nSPS) is 7.85. The van der Waals surface area contributed by atoms with Crippen LogP contribution in [0.5, 0.6) is 0 Å². The highest BCUT2D eigenvalue weighted by molar-refractivity contribution is 5.81. The molecule has 0 amide bonds. The molecule has 3 heteroatoms. The van der Waals surface area contributed by atoms with E-state index in [4.69, 9.17) is 4.74 Å². The van der Waals surface area contributed by atoms with Crippen LogP contribution in [-0.4, -0.2) is 25.8 Å². The Morgan fingerprint density at radius 1 is 1.31 bits per heavy atom. The molecule has 0 aliphatic rings. The minimum atomic E-state index is -0.412. The van der Waals surface area contributed by atoms with Gasteiger partial charge in [0, 0.05) is 19.3 Å². The van der Waals surface area contributed by atoms with Gasteiger partial charge in [-0.2, -0.15) is 0 Å². The highest BCUT2D eigenvalue weighted by Gasteiger charge is 1.87. The van der Waals surface area contributed by atoms with Gasteiger partial charge in [-0.05, 0) is 13.8 Å². The Balaban J connectivity index is 0. The molecule has 0 rings (SSSR count). The van der Waals surface area contributed by atoms with Crippen molar-refractivity contribution in [3.63, 3.8) is 0 Å². The highest BCUT2D eigenvalue weighted by Crippen LogP contribution is 1.77. The fourth-order valence-corrected chi connectivity index (χ4v) is 0.404. The van der Waals surface area contributed by atoms with Crippen molar-refractivity contribution in [3.05, 3.63) is 25.3 Å². The molecule has 0 aromatic rings. The molecule has 0 fully saturated rings. The van der Waals surface area contributed by atoms with Gasteiger partial charge >= 0.3 is 5.97 Å². The monoisotopic (exact) mass is 186 g/mol. The van der Waals surface area contributed by atoms with Crippen LogP contribution < -0.4 is 0 Å². The topological polar surface area (TPSA) is 35.5 Å². The van der Waals surface area contributed by atoms with Crippen LogP contribution in [-0.2, 0) is 14.3 Å².